The monoisotopic (exact) mass is 662 g/mol. The molecule has 0 bridgehead atoms. The highest BCUT2D eigenvalue weighted by molar-refractivity contribution is 8.15. The lowest BCUT2D eigenvalue weighted by atomic mass is 10.1. The normalized spacial score (nSPS) is 14.7. The molecule has 0 aliphatic carbocycles. The lowest BCUT2D eigenvalue weighted by molar-refractivity contribution is -0.139. The molecule has 3 aromatic carbocycles. The third-order valence-corrected chi connectivity index (χ3v) is 7.54. The van der Waals surface area contributed by atoms with Crippen LogP contribution in [0.5, 0.6) is 5.75 Å². The number of aryl methyl sites for hydroxylation is 2. The Hall–Kier alpha value is -4.86. The van der Waals surface area contributed by atoms with Crippen molar-refractivity contribution in [1.82, 2.24) is 14.8 Å². The van der Waals surface area contributed by atoms with E-state index >= 15 is 0 Å². The first-order chi connectivity index (χ1) is 21.7. The Bertz CT molecular complexity index is 1820. The molecule has 16 heteroatoms. The summed E-state index contributed by atoms with van der Waals surface area (Å²) in [7, 11) is 0. The lowest BCUT2D eigenvalue weighted by Gasteiger charge is -2.21. The van der Waals surface area contributed by atoms with Gasteiger partial charge < -0.3 is 10.1 Å². The van der Waals surface area contributed by atoms with E-state index in [9.17, 15) is 35.9 Å². The van der Waals surface area contributed by atoms with E-state index in [4.69, 9.17) is 4.74 Å². The van der Waals surface area contributed by atoms with Crippen molar-refractivity contribution in [3.05, 3.63) is 83.7 Å². The lowest BCUT2D eigenvalue weighted by Crippen LogP contribution is -2.31. The Morgan fingerprint density at radius 1 is 1.04 bits per heavy atom. The van der Waals surface area contributed by atoms with Crippen LogP contribution in [0.1, 0.15) is 23.1 Å². The Morgan fingerprint density at radius 3 is 2.54 bits per heavy atom. The quantitative estimate of drug-likeness (QED) is 0.205. The summed E-state index contributed by atoms with van der Waals surface area (Å²) in [5.41, 5.74) is 1.73. The first-order valence-electron chi connectivity index (χ1n) is 13.5. The van der Waals surface area contributed by atoms with Crippen LogP contribution in [0.2, 0.25) is 0 Å². The molecule has 1 aromatic heterocycles. The van der Waals surface area contributed by atoms with Crippen LogP contribution >= 0.6 is 11.8 Å². The fraction of sp³-hybridized carbons (Fsp3) is 0.233. The number of halogens is 6. The first-order valence-corrected chi connectivity index (χ1v) is 14.5. The van der Waals surface area contributed by atoms with Gasteiger partial charge in [-0.3, -0.25) is 9.69 Å². The molecular formula is C30H24F6N6O3S. The van der Waals surface area contributed by atoms with E-state index in [0.29, 0.717) is 22.4 Å². The number of amides is 3. The number of rotatable bonds is 7. The highest BCUT2D eigenvalue weighted by Crippen LogP contribution is 2.36. The molecule has 5 rings (SSSR count). The summed E-state index contributed by atoms with van der Waals surface area (Å²) >= 11 is 0.990. The molecule has 46 heavy (non-hydrogen) atoms. The second kappa shape index (κ2) is 12.9. The number of alkyl halides is 6. The summed E-state index contributed by atoms with van der Waals surface area (Å²) < 4.78 is 83.9. The van der Waals surface area contributed by atoms with Crippen molar-refractivity contribution in [2.45, 2.75) is 32.6 Å². The molecule has 0 unspecified atom stereocenters. The minimum Gasteiger partial charge on any atom is -0.491 e. The molecule has 0 radical (unpaired) electrons. The standard InChI is InChI=1S/C30H24F6N6O3S/c1-17-6-9-24(45-11-10-29(31,32)33)23(12-17)42-25(43)15-46-28(42)39-27(44)38-22-8-7-19(13-18(22)2)26-37-16-41(40-26)21-5-3-4-20(14-21)30(34,35)36/h3-9,12-14,16H,10-11,15H2,1-2H3,(H,38,44)/b39-28-. The zero-order valence-corrected chi connectivity index (χ0v) is 24.9. The van der Waals surface area contributed by atoms with Gasteiger partial charge in [-0.25, -0.2) is 14.5 Å². The first kappa shape index (κ1) is 32.5. The Labute approximate surface area is 262 Å². The summed E-state index contributed by atoms with van der Waals surface area (Å²) in [5.74, 6) is -0.202. The molecule has 1 aliphatic heterocycles. The van der Waals surface area contributed by atoms with Crippen molar-refractivity contribution in [2.75, 3.05) is 22.6 Å². The van der Waals surface area contributed by atoms with E-state index in [0.717, 1.165) is 28.8 Å². The molecule has 1 saturated heterocycles. The van der Waals surface area contributed by atoms with Crippen LogP contribution in [0.4, 0.5) is 42.5 Å². The maximum Gasteiger partial charge on any atom is 0.416 e. The SMILES string of the molecule is Cc1ccc(OCCC(F)(F)F)c(N2C(=O)CS/C2=N\C(=O)Nc2ccc(-c3ncn(-c4cccc(C(F)(F)F)c4)n3)cc2C)c1. The number of aliphatic imine (C=N–C) groups is 1. The largest absolute Gasteiger partial charge is 0.491 e. The van der Waals surface area contributed by atoms with Crippen LogP contribution in [0.15, 0.2) is 72.0 Å². The smallest absolute Gasteiger partial charge is 0.416 e. The van der Waals surface area contributed by atoms with Crippen LogP contribution in [-0.4, -0.2) is 50.4 Å². The van der Waals surface area contributed by atoms with E-state index in [1.807, 2.05) is 0 Å². The van der Waals surface area contributed by atoms with Crippen molar-refractivity contribution < 1.29 is 40.7 Å². The Morgan fingerprint density at radius 2 is 1.83 bits per heavy atom. The van der Waals surface area contributed by atoms with Gasteiger partial charge >= 0.3 is 18.4 Å². The number of carbonyl (C=O) groups is 2. The molecule has 240 valence electrons. The average Bonchev–Trinajstić information content (AvgIpc) is 3.61. The molecule has 0 saturated carbocycles. The van der Waals surface area contributed by atoms with E-state index < -0.39 is 42.9 Å². The van der Waals surface area contributed by atoms with Crippen molar-refractivity contribution in [3.63, 3.8) is 0 Å². The van der Waals surface area contributed by atoms with Crippen molar-refractivity contribution >= 4 is 40.2 Å². The van der Waals surface area contributed by atoms with Gasteiger partial charge in [-0.05, 0) is 73.5 Å². The fourth-order valence-corrected chi connectivity index (χ4v) is 5.26. The van der Waals surface area contributed by atoms with Crippen LogP contribution in [-0.2, 0) is 11.0 Å². The van der Waals surface area contributed by atoms with E-state index in [1.54, 1.807) is 44.2 Å². The van der Waals surface area contributed by atoms with Gasteiger partial charge in [0, 0.05) is 11.3 Å². The summed E-state index contributed by atoms with van der Waals surface area (Å²) in [5, 5.41) is 6.95. The summed E-state index contributed by atoms with van der Waals surface area (Å²) in [6.45, 7) is 2.78. The highest BCUT2D eigenvalue weighted by atomic mass is 32.2. The molecule has 2 heterocycles. The average molecular weight is 663 g/mol. The molecule has 1 fully saturated rings. The second-order valence-electron chi connectivity index (χ2n) is 10.1. The molecular weight excluding hydrogens is 638 g/mol. The number of ether oxygens (including phenoxy) is 1. The van der Waals surface area contributed by atoms with Crippen LogP contribution in [0.25, 0.3) is 17.1 Å². The van der Waals surface area contributed by atoms with Gasteiger partial charge in [-0.1, -0.05) is 23.9 Å². The predicted molar refractivity (Wildman–Crippen MR) is 160 cm³/mol. The van der Waals surface area contributed by atoms with Crippen molar-refractivity contribution in [1.29, 1.82) is 0 Å². The van der Waals surface area contributed by atoms with Crippen LogP contribution < -0.4 is 15.0 Å². The van der Waals surface area contributed by atoms with Gasteiger partial charge in [0.05, 0.1) is 35.7 Å². The maximum atomic E-state index is 13.1. The van der Waals surface area contributed by atoms with Gasteiger partial charge in [-0.15, -0.1) is 5.10 Å². The number of nitrogens with zero attached hydrogens (tertiary/aromatic N) is 5. The number of benzene rings is 3. The predicted octanol–water partition coefficient (Wildman–Crippen LogP) is 7.57. The topological polar surface area (TPSA) is 102 Å². The number of carbonyl (C=O) groups excluding carboxylic acids is 2. The van der Waals surface area contributed by atoms with Gasteiger partial charge in [0.2, 0.25) is 5.91 Å². The number of hydrogen-bond acceptors (Lipinski definition) is 6. The van der Waals surface area contributed by atoms with E-state index in [-0.39, 0.29) is 33.9 Å². The number of urea groups is 1. The number of amidine groups is 1. The molecule has 1 N–H and O–H groups in total. The van der Waals surface area contributed by atoms with Gasteiger partial charge in [0.15, 0.2) is 11.0 Å². The Balaban J connectivity index is 1.32. The number of aromatic nitrogens is 3. The number of nitrogens with one attached hydrogen (secondary N) is 1. The molecule has 1 aliphatic rings. The van der Waals surface area contributed by atoms with E-state index in [2.05, 4.69) is 20.4 Å². The van der Waals surface area contributed by atoms with E-state index in [1.165, 1.54) is 29.2 Å². The molecule has 0 atom stereocenters. The summed E-state index contributed by atoms with van der Waals surface area (Å²) in [6.07, 6.45) is -8.82. The minimum atomic E-state index is -4.51. The van der Waals surface area contributed by atoms with Gasteiger partial charge in [0.1, 0.15) is 12.1 Å². The van der Waals surface area contributed by atoms with Crippen molar-refractivity contribution in [2.24, 2.45) is 4.99 Å². The summed E-state index contributed by atoms with van der Waals surface area (Å²) in [4.78, 5) is 35.1. The molecule has 0 spiro atoms. The molecule has 3 amide bonds. The molecule has 4 aromatic rings. The number of hydrogen-bond donors (Lipinski definition) is 1. The van der Waals surface area contributed by atoms with Crippen molar-refractivity contribution in [3.8, 4) is 22.8 Å². The second-order valence-corrected chi connectivity index (χ2v) is 11.1. The van der Waals surface area contributed by atoms with Gasteiger partial charge in [0.25, 0.3) is 0 Å². The zero-order valence-electron chi connectivity index (χ0n) is 24.1. The summed E-state index contributed by atoms with van der Waals surface area (Å²) in [6, 6.07) is 13.4. The maximum absolute atomic E-state index is 13.1. The molecule has 9 nitrogen and oxygen atoms in total. The minimum absolute atomic E-state index is 0.0207. The number of anilines is 2. The number of thioether (sulfide) groups is 1. The van der Waals surface area contributed by atoms with Gasteiger partial charge in [-0.2, -0.15) is 31.3 Å². The Kier molecular flexibility index (Phi) is 9.10. The van der Waals surface area contributed by atoms with Crippen LogP contribution in [0, 0.1) is 13.8 Å². The third-order valence-electron chi connectivity index (χ3n) is 6.62. The zero-order chi connectivity index (χ0) is 33.2. The fourth-order valence-electron chi connectivity index (χ4n) is 4.40. The van der Waals surface area contributed by atoms with Crippen LogP contribution in [0.3, 0.4) is 0 Å². The third kappa shape index (κ3) is 7.67. The highest BCUT2D eigenvalue weighted by Gasteiger charge is 2.34.